The molecule has 0 unspecified atom stereocenters. The van der Waals surface area contributed by atoms with Gasteiger partial charge in [-0.25, -0.2) is 4.79 Å². The highest BCUT2D eigenvalue weighted by atomic mass is 28.3. The minimum Gasteiger partial charge on any atom is -0.301 e. The van der Waals surface area contributed by atoms with Gasteiger partial charge in [0.05, 0.1) is 8.07 Å². The van der Waals surface area contributed by atoms with E-state index in [1.54, 1.807) is 4.57 Å². The lowest BCUT2D eigenvalue weighted by Gasteiger charge is -2.57. The molecule has 0 spiro atoms. The summed E-state index contributed by atoms with van der Waals surface area (Å²) in [7, 11) is -1.73. The molecule has 4 fully saturated rings. The molecule has 0 radical (unpaired) electrons. The van der Waals surface area contributed by atoms with Gasteiger partial charge in [0, 0.05) is 17.9 Å². The Bertz CT molecular complexity index is 721. The van der Waals surface area contributed by atoms with Crippen LogP contribution in [0.3, 0.4) is 0 Å². The maximum Gasteiger partial charge on any atom is 0.328 e. The van der Waals surface area contributed by atoms with E-state index in [4.69, 9.17) is 0 Å². The van der Waals surface area contributed by atoms with Gasteiger partial charge in [0.25, 0.3) is 5.56 Å². The largest absolute Gasteiger partial charge is 0.328 e. The molecular formula is C19H30N2O2Si. The van der Waals surface area contributed by atoms with Gasteiger partial charge in [-0.15, -0.1) is 0 Å². The van der Waals surface area contributed by atoms with Gasteiger partial charge in [0.1, 0.15) is 0 Å². The number of rotatable bonds is 4. The van der Waals surface area contributed by atoms with Gasteiger partial charge in [-0.1, -0.05) is 19.6 Å². The fraction of sp³-hybridized carbons (Fsp3) is 0.789. The molecule has 0 aromatic carbocycles. The zero-order valence-electron chi connectivity index (χ0n) is 15.2. The third-order valence-corrected chi connectivity index (χ3v) is 8.84. The first-order valence-corrected chi connectivity index (χ1v) is 13.1. The van der Waals surface area contributed by atoms with Crippen molar-refractivity contribution in [2.45, 2.75) is 71.1 Å². The van der Waals surface area contributed by atoms with E-state index in [1.165, 1.54) is 38.5 Å². The minimum atomic E-state index is -1.73. The van der Waals surface area contributed by atoms with E-state index in [-0.39, 0.29) is 11.2 Å². The Hall–Kier alpha value is -1.10. The van der Waals surface area contributed by atoms with Crippen LogP contribution in [0.2, 0.25) is 19.6 Å². The summed E-state index contributed by atoms with van der Waals surface area (Å²) in [6, 6.07) is 0. The van der Waals surface area contributed by atoms with E-state index in [0.29, 0.717) is 5.41 Å². The van der Waals surface area contributed by atoms with Gasteiger partial charge < -0.3 is 4.57 Å². The zero-order valence-corrected chi connectivity index (χ0v) is 16.2. The minimum absolute atomic E-state index is 0.176. The first-order valence-electron chi connectivity index (χ1n) is 9.58. The van der Waals surface area contributed by atoms with Gasteiger partial charge in [-0.05, 0) is 68.1 Å². The Labute approximate surface area is 144 Å². The summed E-state index contributed by atoms with van der Waals surface area (Å²) in [6.45, 7) is 7.24. The van der Waals surface area contributed by atoms with Gasteiger partial charge in [-0.3, -0.25) is 9.78 Å². The van der Waals surface area contributed by atoms with Gasteiger partial charge in [0.15, 0.2) is 0 Å². The number of aromatic nitrogens is 2. The maximum absolute atomic E-state index is 12.3. The van der Waals surface area contributed by atoms with E-state index in [0.717, 1.165) is 35.9 Å². The van der Waals surface area contributed by atoms with Crippen LogP contribution in [0.4, 0.5) is 0 Å². The lowest BCUT2D eigenvalue weighted by atomic mass is 9.49. The Morgan fingerprint density at radius 1 is 1.08 bits per heavy atom. The summed E-state index contributed by atoms with van der Waals surface area (Å²) in [5, 5.41) is 0.840. The Balaban J connectivity index is 1.56. The molecule has 0 atom stereocenters. The third-order valence-electron chi connectivity index (χ3n) is 6.87. The first kappa shape index (κ1) is 16.4. The van der Waals surface area contributed by atoms with E-state index in [1.807, 2.05) is 6.20 Å². The van der Waals surface area contributed by atoms with Crippen LogP contribution in [0, 0.1) is 23.2 Å². The number of aryl methyl sites for hydroxylation is 1. The molecule has 132 valence electrons. The molecule has 1 aromatic rings. The Morgan fingerprint density at radius 3 is 2.12 bits per heavy atom. The fourth-order valence-electron chi connectivity index (χ4n) is 6.16. The molecule has 0 saturated heterocycles. The highest BCUT2D eigenvalue weighted by Crippen LogP contribution is 2.61. The molecule has 5 heteroatoms. The molecule has 1 N–H and O–H groups in total. The Morgan fingerprint density at radius 2 is 1.62 bits per heavy atom. The molecule has 4 saturated carbocycles. The van der Waals surface area contributed by atoms with Crippen molar-refractivity contribution in [1.82, 2.24) is 9.55 Å². The standard InChI is InChI=1S/C19H30N2O2Si/c1-24(2,3)16-12-21(18(23)20-17(16)22)5-4-19-9-13-6-14(10-19)8-15(7-13)11-19/h12-15H,4-11H2,1-3H3,(H,20,22,23). The molecule has 24 heavy (non-hydrogen) atoms. The van der Waals surface area contributed by atoms with Crippen molar-refractivity contribution in [3.63, 3.8) is 0 Å². The van der Waals surface area contributed by atoms with Crippen LogP contribution < -0.4 is 16.4 Å². The van der Waals surface area contributed by atoms with Crippen molar-refractivity contribution >= 4 is 13.3 Å². The van der Waals surface area contributed by atoms with Crippen LogP contribution in [-0.4, -0.2) is 17.6 Å². The lowest BCUT2D eigenvalue weighted by molar-refractivity contribution is -0.0593. The molecule has 4 aliphatic rings. The average Bonchev–Trinajstić information content (AvgIpc) is 2.43. The first-order chi connectivity index (χ1) is 11.2. The highest BCUT2D eigenvalue weighted by molar-refractivity contribution is 6.88. The van der Waals surface area contributed by atoms with Gasteiger partial charge in [-0.2, -0.15) is 0 Å². The summed E-state index contributed by atoms with van der Waals surface area (Å²) < 4.78 is 1.79. The molecule has 4 aliphatic carbocycles. The van der Waals surface area contributed by atoms with Crippen LogP contribution in [0.1, 0.15) is 44.9 Å². The molecule has 5 rings (SSSR count). The molecule has 4 nitrogen and oxygen atoms in total. The molecule has 1 aromatic heterocycles. The topological polar surface area (TPSA) is 54.9 Å². The second kappa shape index (κ2) is 5.45. The number of hydrogen-bond acceptors (Lipinski definition) is 2. The van der Waals surface area contributed by atoms with Crippen molar-refractivity contribution in [2.75, 3.05) is 0 Å². The van der Waals surface area contributed by atoms with Crippen molar-refractivity contribution in [2.24, 2.45) is 23.2 Å². The van der Waals surface area contributed by atoms with Crippen molar-refractivity contribution in [3.8, 4) is 0 Å². The summed E-state index contributed by atoms with van der Waals surface area (Å²) >= 11 is 0. The second-order valence-electron chi connectivity index (χ2n) is 9.91. The lowest BCUT2D eigenvalue weighted by Crippen LogP contribution is -2.52. The number of nitrogens with zero attached hydrogens (tertiary/aromatic N) is 1. The summed E-state index contributed by atoms with van der Waals surface area (Å²) in [5.41, 5.74) is 0.0702. The van der Waals surface area contributed by atoms with Crippen LogP contribution in [-0.2, 0) is 6.54 Å². The average molecular weight is 347 g/mol. The molecule has 4 bridgehead atoms. The monoisotopic (exact) mass is 346 g/mol. The number of H-pyrrole nitrogens is 1. The van der Waals surface area contributed by atoms with E-state index in [9.17, 15) is 9.59 Å². The summed E-state index contributed by atoms with van der Waals surface area (Å²) in [5.74, 6) is 2.84. The fourth-order valence-corrected chi connectivity index (χ4v) is 7.45. The Kier molecular flexibility index (Phi) is 3.72. The van der Waals surface area contributed by atoms with Gasteiger partial charge in [0.2, 0.25) is 0 Å². The van der Waals surface area contributed by atoms with Crippen LogP contribution in [0.25, 0.3) is 0 Å². The highest BCUT2D eigenvalue weighted by Gasteiger charge is 2.50. The van der Waals surface area contributed by atoms with Crippen LogP contribution in [0.5, 0.6) is 0 Å². The predicted molar refractivity (Wildman–Crippen MR) is 99.5 cm³/mol. The smallest absolute Gasteiger partial charge is 0.301 e. The van der Waals surface area contributed by atoms with Gasteiger partial charge >= 0.3 is 5.69 Å². The number of aromatic amines is 1. The SMILES string of the molecule is C[Si](C)(C)c1cn(CCC23CC4CC(CC(C4)C2)C3)c(=O)[nH]c1=O. The van der Waals surface area contributed by atoms with Crippen LogP contribution in [0.15, 0.2) is 15.8 Å². The summed E-state index contributed by atoms with van der Waals surface area (Å²) in [4.78, 5) is 26.9. The number of hydrogen-bond donors (Lipinski definition) is 1. The molecule has 0 amide bonds. The third kappa shape index (κ3) is 2.85. The zero-order chi connectivity index (χ0) is 17.1. The van der Waals surface area contributed by atoms with Crippen molar-refractivity contribution in [3.05, 3.63) is 27.0 Å². The maximum atomic E-state index is 12.3. The van der Waals surface area contributed by atoms with E-state index < -0.39 is 8.07 Å². The van der Waals surface area contributed by atoms with Crippen LogP contribution >= 0.6 is 0 Å². The van der Waals surface area contributed by atoms with E-state index >= 15 is 0 Å². The van der Waals surface area contributed by atoms with Crippen molar-refractivity contribution in [1.29, 1.82) is 0 Å². The van der Waals surface area contributed by atoms with Crippen molar-refractivity contribution < 1.29 is 0 Å². The molecular weight excluding hydrogens is 316 g/mol. The van der Waals surface area contributed by atoms with E-state index in [2.05, 4.69) is 24.6 Å². The molecule has 0 aliphatic heterocycles. The predicted octanol–water partition coefficient (Wildman–Crippen LogP) is 2.69. The number of nitrogens with one attached hydrogen (secondary N) is 1. The quantitative estimate of drug-likeness (QED) is 0.852. The second-order valence-corrected chi connectivity index (χ2v) is 15.0. The molecule has 1 heterocycles. The normalized spacial score (nSPS) is 34.7. The summed E-state index contributed by atoms with van der Waals surface area (Å²) in [6.07, 6.45) is 11.5.